The fraction of sp³-hybridized carbons (Fsp3) is 0.125. The molecule has 1 aliphatic rings. The van der Waals surface area contributed by atoms with E-state index in [9.17, 15) is 19.8 Å². The first kappa shape index (κ1) is 20.2. The molecule has 4 rings (SSSR count). The Hall–Kier alpha value is -4.13. The van der Waals surface area contributed by atoms with Gasteiger partial charge in [-0.1, -0.05) is 30.3 Å². The summed E-state index contributed by atoms with van der Waals surface area (Å²) < 4.78 is 5.21. The number of methoxy groups -OCH3 is 1. The molecule has 0 aliphatic carbocycles. The number of amides is 1. The Kier molecular flexibility index (Phi) is 5.41. The van der Waals surface area contributed by atoms with Crippen molar-refractivity contribution in [1.82, 2.24) is 9.88 Å². The van der Waals surface area contributed by atoms with E-state index in [1.807, 2.05) is 6.07 Å². The Morgan fingerprint density at radius 1 is 1.10 bits per heavy atom. The lowest BCUT2D eigenvalue weighted by molar-refractivity contribution is -0.140. The van der Waals surface area contributed by atoms with Crippen LogP contribution in [0.25, 0.3) is 5.76 Å². The van der Waals surface area contributed by atoms with Crippen molar-refractivity contribution in [2.75, 3.05) is 7.11 Å². The van der Waals surface area contributed by atoms with Crippen molar-refractivity contribution >= 4 is 17.4 Å². The highest BCUT2D eigenvalue weighted by atomic mass is 16.5. The van der Waals surface area contributed by atoms with Crippen LogP contribution in [0.5, 0.6) is 11.5 Å². The van der Waals surface area contributed by atoms with Crippen LogP contribution in [0.1, 0.15) is 22.7 Å². The number of aliphatic hydroxyl groups excluding tert-OH is 1. The van der Waals surface area contributed by atoms with E-state index in [0.717, 1.165) is 5.56 Å². The fourth-order valence-corrected chi connectivity index (χ4v) is 3.66. The molecule has 1 saturated heterocycles. The number of Topliss-reactive ketones (excluding diaryl/α,β-unsaturated/α-hetero) is 1. The fourth-order valence-electron chi connectivity index (χ4n) is 3.66. The SMILES string of the molecule is COc1cccc(C(O)=C2C(=O)C(=O)N(Cc3cccnc3)C2c2ccc(O)cc2)c1. The topological polar surface area (TPSA) is 100.0 Å². The number of aromatic hydroxyl groups is 1. The average molecular weight is 416 g/mol. The van der Waals surface area contributed by atoms with Gasteiger partial charge in [-0.25, -0.2) is 0 Å². The summed E-state index contributed by atoms with van der Waals surface area (Å²) in [4.78, 5) is 31.5. The molecule has 2 N–H and O–H groups in total. The molecule has 0 saturated carbocycles. The van der Waals surface area contributed by atoms with Crippen molar-refractivity contribution < 1.29 is 24.5 Å². The van der Waals surface area contributed by atoms with Gasteiger partial charge in [0.15, 0.2) is 0 Å². The summed E-state index contributed by atoms with van der Waals surface area (Å²) >= 11 is 0. The number of ketones is 1. The van der Waals surface area contributed by atoms with Crippen LogP contribution in [-0.2, 0) is 16.1 Å². The Labute approximate surface area is 178 Å². The lowest BCUT2D eigenvalue weighted by Gasteiger charge is -2.25. The maximum absolute atomic E-state index is 13.0. The Morgan fingerprint density at radius 3 is 2.55 bits per heavy atom. The molecule has 31 heavy (non-hydrogen) atoms. The summed E-state index contributed by atoms with van der Waals surface area (Å²) in [6.07, 6.45) is 3.24. The molecule has 1 aromatic heterocycles. The van der Waals surface area contributed by atoms with Gasteiger partial charge in [0.25, 0.3) is 11.7 Å². The second kappa shape index (κ2) is 8.31. The predicted molar refractivity (Wildman–Crippen MR) is 113 cm³/mol. The van der Waals surface area contributed by atoms with Gasteiger partial charge in [-0.15, -0.1) is 0 Å². The van der Waals surface area contributed by atoms with Crippen LogP contribution < -0.4 is 4.74 Å². The summed E-state index contributed by atoms with van der Waals surface area (Å²) in [7, 11) is 1.50. The second-order valence-corrected chi connectivity index (χ2v) is 7.11. The summed E-state index contributed by atoms with van der Waals surface area (Å²) in [5.74, 6) is -1.21. The third-order valence-corrected chi connectivity index (χ3v) is 5.17. The number of phenolic OH excluding ortho intramolecular Hbond substituents is 1. The zero-order chi connectivity index (χ0) is 22.0. The second-order valence-electron chi connectivity index (χ2n) is 7.11. The van der Waals surface area contributed by atoms with Gasteiger partial charge < -0.3 is 19.8 Å². The smallest absolute Gasteiger partial charge is 0.295 e. The van der Waals surface area contributed by atoms with Crippen molar-refractivity contribution in [3.05, 3.63) is 95.3 Å². The lowest BCUT2D eigenvalue weighted by atomic mass is 9.95. The van der Waals surface area contributed by atoms with Gasteiger partial charge in [0.2, 0.25) is 0 Å². The Morgan fingerprint density at radius 2 is 1.87 bits per heavy atom. The molecule has 0 spiro atoms. The van der Waals surface area contributed by atoms with E-state index >= 15 is 0 Å². The van der Waals surface area contributed by atoms with Crippen LogP contribution in [-0.4, -0.2) is 38.9 Å². The number of carbonyl (C=O) groups is 2. The number of phenols is 1. The third kappa shape index (κ3) is 3.85. The van der Waals surface area contributed by atoms with Crippen molar-refractivity contribution in [2.45, 2.75) is 12.6 Å². The lowest BCUT2D eigenvalue weighted by Crippen LogP contribution is -2.29. The van der Waals surface area contributed by atoms with E-state index in [2.05, 4.69) is 4.98 Å². The van der Waals surface area contributed by atoms with Gasteiger partial charge in [-0.2, -0.15) is 0 Å². The molecule has 2 aromatic carbocycles. The number of aliphatic hydroxyl groups is 1. The average Bonchev–Trinajstić information content (AvgIpc) is 3.05. The molecule has 7 nitrogen and oxygen atoms in total. The number of rotatable bonds is 5. The quantitative estimate of drug-likeness (QED) is 0.376. The summed E-state index contributed by atoms with van der Waals surface area (Å²) in [6, 6.07) is 15.6. The number of benzene rings is 2. The minimum Gasteiger partial charge on any atom is -0.508 e. The van der Waals surface area contributed by atoms with Gasteiger partial charge in [0.1, 0.15) is 17.3 Å². The number of aromatic nitrogens is 1. The number of ether oxygens (including phenoxy) is 1. The van der Waals surface area contributed by atoms with E-state index in [1.54, 1.807) is 54.9 Å². The largest absolute Gasteiger partial charge is 0.508 e. The highest BCUT2D eigenvalue weighted by Gasteiger charge is 2.46. The number of hydrogen-bond acceptors (Lipinski definition) is 6. The highest BCUT2D eigenvalue weighted by Crippen LogP contribution is 2.40. The minimum absolute atomic E-state index is 0.0205. The molecular formula is C24H20N2O5. The monoisotopic (exact) mass is 416 g/mol. The van der Waals surface area contributed by atoms with Crippen molar-refractivity contribution in [2.24, 2.45) is 0 Å². The van der Waals surface area contributed by atoms with E-state index in [0.29, 0.717) is 16.9 Å². The molecule has 3 aromatic rings. The summed E-state index contributed by atoms with van der Waals surface area (Å²) in [5.41, 5.74) is 1.68. The Balaban J connectivity index is 1.86. The molecule has 0 bridgehead atoms. The molecule has 2 heterocycles. The number of hydrogen-bond donors (Lipinski definition) is 2. The van der Waals surface area contributed by atoms with Gasteiger partial charge in [0, 0.05) is 24.5 Å². The van der Waals surface area contributed by atoms with Gasteiger partial charge in [0.05, 0.1) is 18.7 Å². The molecule has 156 valence electrons. The highest BCUT2D eigenvalue weighted by molar-refractivity contribution is 6.46. The number of likely N-dealkylation sites (tertiary alicyclic amines) is 1. The van der Waals surface area contributed by atoms with E-state index in [1.165, 1.54) is 24.1 Å². The Bertz CT molecular complexity index is 1160. The first-order valence-electron chi connectivity index (χ1n) is 9.60. The number of carbonyl (C=O) groups excluding carboxylic acids is 2. The molecule has 1 amide bonds. The third-order valence-electron chi connectivity index (χ3n) is 5.17. The van der Waals surface area contributed by atoms with E-state index in [4.69, 9.17) is 4.74 Å². The van der Waals surface area contributed by atoms with Crippen molar-refractivity contribution in [1.29, 1.82) is 0 Å². The minimum atomic E-state index is -0.827. The molecule has 1 atom stereocenters. The molecule has 1 aliphatic heterocycles. The van der Waals surface area contributed by atoms with E-state index in [-0.39, 0.29) is 23.6 Å². The summed E-state index contributed by atoms with van der Waals surface area (Å²) in [5, 5.41) is 20.7. The standard InChI is InChI=1S/C24H20N2O5/c1-31-19-6-2-5-17(12-19)22(28)20-21(16-7-9-18(27)10-8-16)26(24(30)23(20)29)14-15-4-3-11-25-13-15/h2-13,21,27-28H,14H2,1H3. The van der Waals surface area contributed by atoms with Gasteiger partial charge in [-0.05, 0) is 41.5 Å². The first-order chi connectivity index (χ1) is 15.0. The van der Waals surface area contributed by atoms with Crippen LogP contribution in [0.15, 0.2) is 78.6 Å². The zero-order valence-corrected chi connectivity index (χ0v) is 16.7. The predicted octanol–water partition coefficient (Wildman–Crippen LogP) is 3.42. The van der Waals surface area contributed by atoms with Crippen LogP contribution in [0.4, 0.5) is 0 Å². The number of pyridine rings is 1. The van der Waals surface area contributed by atoms with Crippen LogP contribution in [0.2, 0.25) is 0 Å². The first-order valence-corrected chi connectivity index (χ1v) is 9.60. The zero-order valence-electron chi connectivity index (χ0n) is 16.7. The maximum atomic E-state index is 13.0. The normalized spacial score (nSPS) is 17.7. The summed E-state index contributed by atoms with van der Waals surface area (Å²) in [6.45, 7) is 0.138. The van der Waals surface area contributed by atoms with Gasteiger partial charge >= 0.3 is 0 Å². The number of nitrogens with zero attached hydrogens (tertiary/aromatic N) is 2. The van der Waals surface area contributed by atoms with Gasteiger partial charge in [-0.3, -0.25) is 14.6 Å². The molecule has 7 heteroatoms. The van der Waals surface area contributed by atoms with Crippen molar-refractivity contribution in [3.63, 3.8) is 0 Å². The molecule has 0 radical (unpaired) electrons. The molecule has 1 unspecified atom stereocenters. The van der Waals surface area contributed by atoms with E-state index < -0.39 is 17.7 Å². The van der Waals surface area contributed by atoms with Crippen LogP contribution in [0, 0.1) is 0 Å². The maximum Gasteiger partial charge on any atom is 0.295 e. The molecular weight excluding hydrogens is 396 g/mol. The molecule has 1 fully saturated rings. The van der Waals surface area contributed by atoms with Crippen LogP contribution >= 0.6 is 0 Å². The van der Waals surface area contributed by atoms with Crippen molar-refractivity contribution in [3.8, 4) is 11.5 Å². The van der Waals surface area contributed by atoms with Crippen LogP contribution in [0.3, 0.4) is 0 Å².